The number of hydrogen-bond acceptors (Lipinski definition) is 30. The maximum atomic E-state index is 11.2. The number of ether oxygens (including phenoxy) is 11. The number of rotatable bonds is 16. The Bertz CT molecular complexity index is 1450. The second-order valence-corrected chi connectivity index (χ2v) is 16.3. The van der Waals surface area contributed by atoms with E-state index in [1.54, 1.807) is 0 Å². The molecule has 6 aliphatic rings. The van der Waals surface area contributed by atoms with E-state index in [0.717, 1.165) is 0 Å². The van der Waals surface area contributed by atoms with E-state index in [4.69, 9.17) is 52.1 Å². The van der Waals surface area contributed by atoms with Crippen LogP contribution in [0, 0.1) is 0 Å². The minimum Gasteiger partial charge on any atom is -0.394 e. The largest absolute Gasteiger partial charge is 0.394 e. The molecule has 6 saturated heterocycles. The minimum absolute atomic E-state index is 0.665. The Morgan fingerprint density at radius 2 is 0.538 bits per heavy atom. The van der Waals surface area contributed by atoms with Gasteiger partial charge in [-0.3, -0.25) is 0 Å². The monoisotopic (exact) mass is 960 g/mol. The fourth-order valence-corrected chi connectivity index (χ4v) is 8.21. The number of aliphatic hydroxyl groups is 19. The number of hydrogen-bond donors (Lipinski definition) is 19. The third-order valence-corrected chi connectivity index (χ3v) is 12.1. The molecule has 0 aromatic carbocycles. The van der Waals surface area contributed by atoms with Crippen LogP contribution in [0.1, 0.15) is 0 Å². The van der Waals surface area contributed by atoms with E-state index in [9.17, 15) is 97.0 Å². The molecule has 6 aliphatic heterocycles. The van der Waals surface area contributed by atoms with Crippen LogP contribution >= 0.6 is 0 Å². The highest BCUT2D eigenvalue weighted by atomic mass is 16.8. The zero-order chi connectivity index (χ0) is 47.8. The first kappa shape index (κ1) is 53.2. The summed E-state index contributed by atoms with van der Waals surface area (Å²) in [4.78, 5) is 0. The van der Waals surface area contributed by atoms with E-state index in [1.165, 1.54) is 0 Å². The predicted octanol–water partition coefficient (Wildman–Crippen LogP) is -13.5. The van der Waals surface area contributed by atoms with Crippen LogP contribution in [0.2, 0.25) is 0 Å². The van der Waals surface area contributed by atoms with Gasteiger partial charge in [0.1, 0.15) is 140 Å². The quantitative estimate of drug-likeness (QED) is 0.0683. The second kappa shape index (κ2) is 22.7. The van der Waals surface area contributed by atoms with E-state index in [1.807, 2.05) is 0 Å². The molecular weight excluding hydrogens is 900 g/mol. The lowest BCUT2D eigenvalue weighted by Crippen LogP contribution is -2.68. The molecule has 30 nitrogen and oxygen atoms in total. The van der Waals surface area contributed by atoms with E-state index in [2.05, 4.69) is 0 Å². The predicted molar refractivity (Wildman–Crippen MR) is 193 cm³/mol. The third-order valence-electron chi connectivity index (χ3n) is 12.1. The topological polar surface area (TPSA) is 486 Å². The molecule has 29 atom stereocenters. The molecular formula is C35H60O30. The van der Waals surface area contributed by atoms with E-state index < -0.39 is 218 Å². The molecule has 0 aromatic rings. The zero-order valence-electron chi connectivity index (χ0n) is 34.0. The summed E-state index contributed by atoms with van der Waals surface area (Å²) < 4.78 is 60.3. The van der Waals surface area contributed by atoms with Gasteiger partial charge in [0.2, 0.25) is 0 Å². The minimum atomic E-state index is -2.16. The van der Waals surface area contributed by atoms with Gasteiger partial charge >= 0.3 is 0 Å². The molecule has 0 saturated carbocycles. The van der Waals surface area contributed by atoms with Gasteiger partial charge in [-0.05, 0) is 0 Å². The van der Waals surface area contributed by atoms with E-state index in [-0.39, 0.29) is 0 Å². The van der Waals surface area contributed by atoms with Gasteiger partial charge in [0.05, 0.1) is 39.6 Å². The summed E-state index contributed by atoms with van der Waals surface area (Å²) in [7, 11) is 0. The lowest BCUT2D eigenvalue weighted by molar-refractivity contribution is -0.393. The van der Waals surface area contributed by atoms with E-state index >= 15 is 0 Å². The van der Waals surface area contributed by atoms with Crippen LogP contribution in [-0.4, -0.2) is 315 Å². The lowest BCUT2D eigenvalue weighted by Gasteiger charge is -2.49. The lowest BCUT2D eigenvalue weighted by atomic mass is 9.95. The summed E-state index contributed by atoms with van der Waals surface area (Å²) in [6.45, 7) is -5.17. The molecule has 0 aliphatic carbocycles. The Labute approximate surface area is 366 Å². The van der Waals surface area contributed by atoms with Crippen molar-refractivity contribution in [3.63, 3.8) is 0 Å². The summed E-state index contributed by atoms with van der Waals surface area (Å²) >= 11 is 0. The standard InChI is InChI=1S/C35H60O30/c36-1-7-13(41)21(49)31(57-7)55-6-12-14(42)15(43)22(50)32(61-12)63-27-9(3-38)59-34(24(52)17(27)45)65-29-11(5-40)60-35(25(53)19(29)47)64-28-10(4-39)58-33(23(51)18(28)46)62-26-8(2-37)56-30(54)20(48)16(26)44/h7-54H,1-6H2/t7-,8-,9-,10-,11-,12-,13-,14-,15+,16-,17-,18-,19-,20-,21-,22-,23-,24-,25-,26-,27-,28-,29-,30+,31-,32-,33-,34-,35-/m1/s1. The smallest absolute Gasteiger partial charge is 0.187 e. The fraction of sp³-hybridized carbons (Fsp3) is 1.00. The molecule has 6 rings (SSSR count). The Balaban J connectivity index is 1.06. The third kappa shape index (κ3) is 10.9. The van der Waals surface area contributed by atoms with Crippen molar-refractivity contribution >= 4 is 0 Å². The SMILES string of the molecule is OC[C@H]1O[C@@H](OC[C@H]2O[C@H](O[C@H]3[C@H](O)[C@@H](O)[C@@H](O[C@H]4[C@H](O)[C@@H](O)[C@@H](O[C@H]5[C@H](O)[C@@H](O)[C@@H](O[C@H]6[C@H](O)[C@@H](O)[C@@H](O)O[C@@H]6CO)O[C@@H]5CO)O[C@@H]4CO)O[C@@H]3CO)[C@H](O)[C@@H](O)[C@@H]2O)[C@H](O)[C@@H]1O. The molecule has 65 heavy (non-hydrogen) atoms. The summed E-state index contributed by atoms with van der Waals surface area (Å²) in [6.07, 6.45) is -53.1. The van der Waals surface area contributed by atoms with Crippen molar-refractivity contribution in [2.24, 2.45) is 0 Å². The average molecular weight is 961 g/mol. The first-order valence-corrected chi connectivity index (χ1v) is 20.6. The van der Waals surface area contributed by atoms with Crippen LogP contribution in [0.3, 0.4) is 0 Å². The molecule has 6 fully saturated rings. The van der Waals surface area contributed by atoms with Gasteiger partial charge in [0.25, 0.3) is 0 Å². The van der Waals surface area contributed by atoms with Crippen molar-refractivity contribution in [2.75, 3.05) is 39.6 Å². The van der Waals surface area contributed by atoms with Gasteiger partial charge in [-0.25, -0.2) is 0 Å². The first-order valence-electron chi connectivity index (χ1n) is 20.6. The highest BCUT2D eigenvalue weighted by molar-refractivity contribution is 4.99. The highest BCUT2D eigenvalue weighted by Crippen LogP contribution is 2.36. The molecule has 6 heterocycles. The Morgan fingerprint density at radius 1 is 0.262 bits per heavy atom. The maximum absolute atomic E-state index is 11.2. The molecule has 0 aromatic heterocycles. The zero-order valence-corrected chi connectivity index (χ0v) is 34.0. The van der Waals surface area contributed by atoms with Gasteiger partial charge in [-0.2, -0.15) is 0 Å². The van der Waals surface area contributed by atoms with Crippen LogP contribution in [0.25, 0.3) is 0 Å². The molecule has 380 valence electrons. The van der Waals surface area contributed by atoms with Crippen LogP contribution in [0.4, 0.5) is 0 Å². The Hall–Kier alpha value is -1.20. The first-order chi connectivity index (χ1) is 30.8. The summed E-state index contributed by atoms with van der Waals surface area (Å²) in [5.41, 5.74) is 0. The summed E-state index contributed by atoms with van der Waals surface area (Å²) in [6, 6.07) is 0. The van der Waals surface area contributed by atoms with Crippen LogP contribution in [-0.2, 0) is 52.1 Å². The van der Waals surface area contributed by atoms with Gasteiger partial charge in [0, 0.05) is 0 Å². The average Bonchev–Trinajstić information content (AvgIpc) is 3.58. The number of aliphatic hydroxyl groups excluding tert-OH is 19. The van der Waals surface area contributed by atoms with Crippen molar-refractivity contribution in [1.82, 2.24) is 0 Å². The van der Waals surface area contributed by atoms with Crippen molar-refractivity contribution in [1.29, 1.82) is 0 Å². The summed E-state index contributed by atoms with van der Waals surface area (Å²) in [5.74, 6) is 0. The van der Waals surface area contributed by atoms with Crippen molar-refractivity contribution in [3.8, 4) is 0 Å². The van der Waals surface area contributed by atoms with Gasteiger partial charge in [0.15, 0.2) is 37.7 Å². The molecule has 0 amide bonds. The van der Waals surface area contributed by atoms with Crippen LogP contribution in [0.5, 0.6) is 0 Å². The fourth-order valence-electron chi connectivity index (χ4n) is 8.21. The molecule has 30 heteroatoms. The van der Waals surface area contributed by atoms with Crippen molar-refractivity contribution in [3.05, 3.63) is 0 Å². The van der Waals surface area contributed by atoms with Gasteiger partial charge in [-0.15, -0.1) is 0 Å². The Morgan fingerprint density at radius 3 is 0.892 bits per heavy atom. The van der Waals surface area contributed by atoms with E-state index in [0.29, 0.717) is 0 Å². The van der Waals surface area contributed by atoms with Crippen molar-refractivity contribution in [2.45, 2.75) is 178 Å². The molecule has 0 bridgehead atoms. The molecule has 19 N–H and O–H groups in total. The van der Waals surface area contributed by atoms with Crippen LogP contribution in [0.15, 0.2) is 0 Å². The summed E-state index contributed by atoms with van der Waals surface area (Å²) in [5, 5.41) is 198. The van der Waals surface area contributed by atoms with Crippen LogP contribution < -0.4 is 0 Å². The maximum Gasteiger partial charge on any atom is 0.187 e. The molecule has 0 unspecified atom stereocenters. The van der Waals surface area contributed by atoms with Gasteiger partial charge in [-0.1, -0.05) is 0 Å². The molecule has 0 radical (unpaired) electrons. The molecule has 0 spiro atoms. The van der Waals surface area contributed by atoms with Gasteiger partial charge < -0.3 is 149 Å². The highest BCUT2D eigenvalue weighted by Gasteiger charge is 2.56. The second-order valence-electron chi connectivity index (χ2n) is 16.3. The Kier molecular flexibility index (Phi) is 18.6. The normalized spacial score (nSPS) is 53.3. The van der Waals surface area contributed by atoms with Crippen molar-refractivity contribution < 1.29 is 149 Å².